The van der Waals surface area contributed by atoms with Gasteiger partial charge in [0.1, 0.15) is 0 Å². The van der Waals surface area contributed by atoms with Crippen LogP contribution in [0.25, 0.3) is 12.2 Å². The highest BCUT2D eigenvalue weighted by atomic mass is 32.2. The van der Waals surface area contributed by atoms with E-state index in [4.69, 9.17) is 0 Å². The van der Waals surface area contributed by atoms with Crippen LogP contribution in [0.3, 0.4) is 0 Å². The number of hydrogen-bond donors (Lipinski definition) is 2. The van der Waals surface area contributed by atoms with Crippen LogP contribution >= 0.6 is 0 Å². The first-order valence-corrected chi connectivity index (χ1v) is 10.7. The molecule has 1 unspecified atom stereocenters. The molecular weight excluding hydrogens is 401 g/mol. The Morgan fingerprint density at radius 2 is 1.79 bits per heavy atom. The second-order valence-electron chi connectivity index (χ2n) is 6.65. The second kappa shape index (κ2) is 9.28. The van der Waals surface area contributed by atoms with E-state index >= 15 is 0 Å². The lowest BCUT2D eigenvalue weighted by molar-refractivity contribution is -0.137. The van der Waals surface area contributed by atoms with E-state index < -0.39 is 21.8 Å². The summed E-state index contributed by atoms with van der Waals surface area (Å²) in [4.78, 5) is 0. The largest absolute Gasteiger partial charge is 0.416 e. The minimum Gasteiger partial charge on any atom is -0.307 e. The van der Waals surface area contributed by atoms with Crippen LogP contribution in [0.15, 0.2) is 55.1 Å². The van der Waals surface area contributed by atoms with Gasteiger partial charge < -0.3 is 5.32 Å². The lowest BCUT2D eigenvalue weighted by Crippen LogP contribution is -2.23. The van der Waals surface area contributed by atoms with Gasteiger partial charge in [0.25, 0.3) is 0 Å². The molecule has 0 aromatic heterocycles. The number of anilines is 1. The number of nitrogens with one attached hydrogen (secondary N) is 2. The fraction of sp³-hybridized carbons (Fsp3) is 0.238. The third-order valence-corrected chi connectivity index (χ3v) is 4.67. The highest BCUT2D eigenvalue weighted by Crippen LogP contribution is 2.29. The average Bonchev–Trinajstić information content (AvgIpc) is 2.64. The standard InChI is InChI=1S/C21H23F3N2O2S/c1-4-18-13-17(9-12-20(18)26-29(3,27)28)14-25-15(2)5-6-16-7-10-19(11-8-16)21(22,23)24/h4-13,15,25-26H,1,14H2,2-3H3/b6-5+. The Balaban J connectivity index is 1.97. The molecule has 0 amide bonds. The normalized spacial score (nSPS) is 13.4. The summed E-state index contributed by atoms with van der Waals surface area (Å²) in [7, 11) is -3.38. The number of sulfonamides is 1. The van der Waals surface area contributed by atoms with E-state index in [1.165, 1.54) is 12.1 Å². The lowest BCUT2D eigenvalue weighted by Gasteiger charge is -2.13. The van der Waals surface area contributed by atoms with Crippen LogP contribution in [0.1, 0.15) is 29.2 Å². The summed E-state index contributed by atoms with van der Waals surface area (Å²) >= 11 is 0. The molecule has 0 spiro atoms. The van der Waals surface area contributed by atoms with Crippen molar-refractivity contribution in [1.82, 2.24) is 5.32 Å². The van der Waals surface area contributed by atoms with Gasteiger partial charge >= 0.3 is 6.18 Å². The van der Waals surface area contributed by atoms with Gasteiger partial charge in [-0.3, -0.25) is 4.72 Å². The van der Waals surface area contributed by atoms with E-state index in [9.17, 15) is 21.6 Å². The molecule has 2 aromatic rings. The van der Waals surface area contributed by atoms with Gasteiger partial charge in [-0.05, 0) is 47.9 Å². The maximum absolute atomic E-state index is 12.6. The van der Waals surface area contributed by atoms with Gasteiger partial charge in [-0.15, -0.1) is 0 Å². The van der Waals surface area contributed by atoms with Crippen LogP contribution in [-0.2, 0) is 22.7 Å². The van der Waals surface area contributed by atoms with Gasteiger partial charge in [-0.2, -0.15) is 13.2 Å². The van der Waals surface area contributed by atoms with Gasteiger partial charge in [-0.25, -0.2) is 8.42 Å². The molecule has 0 aliphatic carbocycles. The fourth-order valence-electron chi connectivity index (χ4n) is 2.57. The quantitative estimate of drug-likeness (QED) is 0.633. The first-order chi connectivity index (χ1) is 13.5. The SMILES string of the molecule is C=Cc1cc(CNC(C)/C=C/c2ccc(C(F)(F)F)cc2)ccc1NS(C)(=O)=O. The predicted octanol–water partition coefficient (Wildman–Crippen LogP) is 4.91. The summed E-state index contributed by atoms with van der Waals surface area (Å²) in [6.45, 7) is 6.16. The van der Waals surface area contributed by atoms with E-state index in [2.05, 4.69) is 16.6 Å². The van der Waals surface area contributed by atoms with E-state index in [1.54, 1.807) is 24.3 Å². The zero-order valence-electron chi connectivity index (χ0n) is 16.1. The van der Waals surface area contributed by atoms with E-state index in [-0.39, 0.29) is 6.04 Å². The van der Waals surface area contributed by atoms with Crippen LogP contribution in [-0.4, -0.2) is 20.7 Å². The van der Waals surface area contributed by atoms with Crippen molar-refractivity contribution in [3.05, 3.63) is 77.4 Å². The molecule has 2 rings (SSSR count). The van der Waals surface area contributed by atoms with Gasteiger partial charge in [0.15, 0.2) is 0 Å². The molecular formula is C21H23F3N2O2S. The number of benzene rings is 2. The van der Waals surface area contributed by atoms with Gasteiger partial charge in [0, 0.05) is 12.6 Å². The molecule has 0 heterocycles. The molecule has 0 aliphatic heterocycles. The molecule has 0 radical (unpaired) electrons. The summed E-state index contributed by atoms with van der Waals surface area (Å²) in [5, 5.41) is 3.28. The van der Waals surface area contributed by atoms with E-state index in [0.717, 1.165) is 24.0 Å². The molecule has 0 saturated heterocycles. The van der Waals surface area contributed by atoms with Crippen LogP contribution in [0, 0.1) is 0 Å². The average molecular weight is 424 g/mol. The molecule has 156 valence electrons. The Bertz CT molecular complexity index is 982. The summed E-state index contributed by atoms with van der Waals surface area (Å²) in [6, 6.07) is 10.3. The van der Waals surface area contributed by atoms with Crippen LogP contribution < -0.4 is 10.0 Å². The zero-order valence-corrected chi connectivity index (χ0v) is 16.9. The van der Waals surface area contributed by atoms with Crippen LogP contribution in [0.4, 0.5) is 18.9 Å². The Labute approximate surface area is 169 Å². The van der Waals surface area contributed by atoms with Crippen molar-refractivity contribution in [2.45, 2.75) is 25.7 Å². The van der Waals surface area contributed by atoms with Crippen molar-refractivity contribution in [2.24, 2.45) is 0 Å². The highest BCUT2D eigenvalue weighted by molar-refractivity contribution is 7.92. The van der Waals surface area contributed by atoms with E-state index in [1.807, 2.05) is 19.1 Å². The molecule has 0 aliphatic rings. The first kappa shape index (κ1) is 22.7. The van der Waals surface area contributed by atoms with Crippen LogP contribution in [0.2, 0.25) is 0 Å². The Morgan fingerprint density at radius 1 is 1.14 bits per heavy atom. The molecule has 29 heavy (non-hydrogen) atoms. The zero-order chi connectivity index (χ0) is 21.7. The Morgan fingerprint density at radius 3 is 2.34 bits per heavy atom. The molecule has 2 N–H and O–H groups in total. The summed E-state index contributed by atoms with van der Waals surface area (Å²) in [6.07, 6.45) is 1.93. The topological polar surface area (TPSA) is 58.2 Å². The third-order valence-electron chi connectivity index (χ3n) is 4.07. The Hall–Kier alpha value is -2.58. The van der Waals surface area contributed by atoms with Crippen molar-refractivity contribution in [2.75, 3.05) is 11.0 Å². The maximum Gasteiger partial charge on any atom is 0.416 e. The third kappa shape index (κ3) is 7.40. The number of hydrogen-bond acceptors (Lipinski definition) is 3. The molecule has 8 heteroatoms. The van der Waals surface area contributed by atoms with Gasteiger partial charge in [-0.1, -0.05) is 43.0 Å². The molecule has 0 saturated carbocycles. The number of halogens is 3. The molecule has 2 aromatic carbocycles. The van der Waals surface area contributed by atoms with Gasteiger partial charge in [0.05, 0.1) is 17.5 Å². The van der Waals surface area contributed by atoms with Crippen molar-refractivity contribution in [3.63, 3.8) is 0 Å². The minimum atomic E-state index is -4.34. The second-order valence-corrected chi connectivity index (χ2v) is 8.40. The number of rotatable bonds is 8. The minimum absolute atomic E-state index is 0.0294. The van der Waals surface area contributed by atoms with Crippen molar-refractivity contribution in [3.8, 4) is 0 Å². The monoisotopic (exact) mass is 424 g/mol. The smallest absolute Gasteiger partial charge is 0.307 e. The van der Waals surface area contributed by atoms with Crippen LogP contribution in [0.5, 0.6) is 0 Å². The summed E-state index contributed by atoms with van der Waals surface area (Å²) < 4.78 is 63.0. The first-order valence-electron chi connectivity index (χ1n) is 8.80. The predicted molar refractivity (Wildman–Crippen MR) is 112 cm³/mol. The van der Waals surface area contributed by atoms with Crippen molar-refractivity contribution >= 4 is 27.9 Å². The van der Waals surface area contributed by atoms with Crippen molar-refractivity contribution < 1.29 is 21.6 Å². The van der Waals surface area contributed by atoms with Gasteiger partial charge in [0.2, 0.25) is 10.0 Å². The number of alkyl halides is 3. The summed E-state index contributed by atoms with van der Waals surface area (Å²) in [5.41, 5.74) is 2.07. The Kier molecular flexibility index (Phi) is 7.26. The maximum atomic E-state index is 12.6. The molecule has 1 atom stereocenters. The molecule has 0 bridgehead atoms. The van der Waals surface area contributed by atoms with E-state index in [0.29, 0.717) is 23.4 Å². The van der Waals surface area contributed by atoms with Crippen molar-refractivity contribution in [1.29, 1.82) is 0 Å². The summed E-state index contributed by atoms with van der Waals surface area (Å²) in [5.74, 6) is 0. The highest BCUT2D eigenvalue weighted by Gasteiger charge is 2.29. The lowest BCUT2D eigenvalue weighted by atomic mass is 10.1. The molecule has 4 nitrogen and oxygen atoms in total. The molecule has 0 fully saturated rings. The fourth-order valence-corrected chi connectivity index (χ4v) is 3.15.